The first-order valence-corrected chi connectivity index (χ1v) is 6.46. The van der Waals surface area contributed by atoms with Gasteiger partial charge in [-0.1, -0.05) is 23.2 Å². The molecule has 0 radical (unpaired) electrons. The quantitative estimate of drug-likeness (QED) is 0.877. The van der Waals surface area contributed by atoms with E-state index in [0.29, 0.717) is 21.4 Å². The van der Waals surface area contributed by atoms with E-state index in [9.17, 15) is 9.59 Å². The molecule has 1 heterocycles. The van der Waals surface area contributed by atoms with Crippen molar-refractivity contribution in [3.8, 4) is 0 Å². The van der Waals surface area contributed by atoms with E-state index < -0.39 is 18.0 Å². The van der Waals surface area contributed by atoms with Gasteiger partial charge in [-0.3, -0.25) is 14.5 Å². The molecule has 1 aromatic rings. The van der Waals surface area contributed by atoms with E-state index in [-0.39, 0.29) is 5.91 Å². The van der Waals surface area contributed by atoms with Gasteiger partial charge in [0.15, 0.2) is 0 Å². The molecular weight excluding hydrogens is 289 g/mol. The summed E-state index contributed by atoms with van der Waals surface area (Å²) in [6, 6.07) is 1.96. The first kappa shape index (κ1) is 14.0. The Morgan fingerprint density at radius 2 is 2.00 bits per heavy atom. The Labute approximate surface area is 120 Å². The lowest BCUT2D eigenvalue weighted by Crippen LogP contribution is -2.53. The lowest BCUT2D eigenvalue weighted by molar-refractivity contribution is -0.124. The number of halogens is 2. The van der Waals surface area contributed by atoms with Crippen LogP contribution in [0.15, 0.2) is 12.1 Å². The zero-order chi connectivity index (χ0) is 14.3. The van der Waals surface area contributed by atoms with Gasteiger partial charge in [-0.25, -0.2) is 0 Å². The molecule has 1 aromatic carbocycles. The molecule has 2 rings (SSSR count). The molecule has 2 atom stereocenters. The number of nitrogens with two attached hydrogens (primary N) is 1. The maximum absolute atomic E-state index is 12.2. The molecule has 1 aliphatic heterocycles. The molecule has 5 nitrogen and oxygen atoms in total. The number of hydrogen-bond acceptors (Lipinski definition) is 3. The SMILES string of the molecule is CC1Nc2cc(Cl)c(Cl)cc2N(C(C)C(N)=O)C1=O. The fourth-order valence-electron chi connectivity index (χ4n) is 2.00. The Hall–Kier alpha value is -1.46. The number of primary amides is 1. The van der Waals surface area contributed by atoms with E-state index in [1.807, 2.05) is 0 Å². The predicted molar refractivity (Wildman–Crippen MR) is 75.7 cm³/mol. The van der Waals surface area contributed by atoms with Crippen molar-refractivity contribution in [2.45, 2.75) is 25.9 Å². The van der Waals surface area contributed by atoms with Crippen molar-refractivity contribution in [1.82, 2.24) is 0 Å². The highest BCUT2D eigenvalue weighted by Crippen LogP contribution is 2.38. The number of fused-ring (bicyclic) bond motifs is 1. The average Bonchev–Trinajstić information content (AvgIpc) is 2.33. The van der Waals surface area contributed by atoms with Gasteiger partial charge in [0.25, 0.3) is 0 Å². The smallest absolute Gasteiger partial charge is 0.249 e. The molecule has 0 spiro atoms. The third-order valence-corrected chi connectivity index (χ3v) is 3.80. The van der Waals surface area contributed by atoms with Gasteiger partial charge in [0.05, 0.1) is 21.4 Å². The van der Waals surface area contributed by atoms with Gasteiger partial charge in [-0.15, -0.1) is 0 Å². The van der Waals surface area contributed by atoms with E-state index in [0.717, 1.165) is 0 Å². The van der Waals surface area contributed by atoms with Gasteiger partial charge in [-0.2, -0.15) is 0 Å². The van der Waals surface area contributed by atoms with Crippen LogP contribution in [0.2, 0.25) is 10.0 Å². The number of carbonyl (C=O) groups is 2. The summed E-state index contributed by atoms with van der Waals surface area (Å²) in [6.45, 7) is 3.28. The first-order chi connectivity index (χ1) is 8.82. The second kappa shape index (κ2) is 4.90. The summed E-state index contributed by atoms with van der Waals surface area (Å²) < 4.78 is 0. The Morgan fingerprint density at radius 3 is 2.58 bits per heavy atom. The normalized spacial score (nSPS) is 19.7. The maximum Gasteiger partial charge on any atom is 0.249 e. The van der Waals surface area contributed by atoms with Crippen molar-refractivity contribution in [3.63, 3.8) is 0 Å². The molecule has 2 amide bonds. The Bertz CT molecular complexity index is 562. The summed E-state index contributed by atoms with van der Waals surface area (Å²) in [5.74, 6) is -0.823. The van der Waals surface area contributed by atoms with E-state index >= 15 is 0 Å². The Balaban J connectivity index is 2.58. The van der Waals surface area contributed by atoms with Gasteiger partial charge in [0, 0.05) is 0 Å². The standard InChI is InChI=1S/C12H13Cl2N3O2/c1-5-12(19)17(6(2)11(15)18)10-4-8(14)7(13)3-9(10)16-5/h3-6,16H,1-2H3,(H2,15,18). The molecule has 0 aliphatic carbocycles. The van der Waals surface area contributed by atoms with E-state index in [4.69, 9.17) is 28.9 Å². The van der Waals surface area contributed by atoms with Crippen LogP contribution < -0.4 is 16.0 Å². The van der Waals surface area contributed by atoms with Crippen molar-refractivity contribution in [3.05, 3.63) is 22.2 Å². The van der Waals surface area contributed by atoms with Crippen molar-refractivity contribution in [2.24, 2.45) is 5.73 Å². The number of carbonyl (C=O) groups excluding carboxylic acids is 2. The second-order valence-electron chi connectivity index (χ2n) is 4.44. The van der Waals surface area contributed by atoms with Crippen LogP contribution in [-0.4, -0.2) is 23.9 Å². The number of rotatable bonds is 2. The lowest BCUT2D eigenvalue weighted by atomic mass is 10.1. The van der Waals surface area contributed by atoms with Crippen molar-refractivity contribution in [1.29, 1.82) is 0 Å². The summed E-state index contributed by atoms with van der Waals surface area (Å²) in [5.41, 5.74) is 6.44. The molecule has 0 aromatic heterocycles. The third-order valence-electron chi connectivity index (χ3n) is 3.08. The minimum Gasteiger partial charge on any atom is -0.372 e. The molecule has 0 saturated heterocycles. The summed E-state index contributed by atoms with van der Waals surface area (Å²) in [6.07, 6.45) is 0. The molecule has 2 unspecified atom stereocenters. The highest BCUT2D eigenvalue weighted by Gasteiger charge is 2.35. The predicted octanol–water partition coefficient (Wildman–Crippen LogP) is 2.01. The lowest BCUT2D eigenvalue weighted by Gasteiger charge is -2.36. The number of nitrogens with zero attached hydrogens (tertiary/aromatic N) is 1. The molecule has 19 heavy (non-hydrogen) atoms. The monoisotopic (exact) mass is 301 g/mol. The number of hydrogen-bond donors (Lipinski definition) is 2. The van der Waals surface area contributed by atoms with Crippen molar-refractivity contribution in [2.75, 3.05) is 10.2 Å². The highest BCUT2D eigenvalue weighted by molar-refractivity contribution is 6.42. The number of anilines is 2. The molecule has 0 saturated carbocycles. The first-order valence-electron chi connectivity index (χ1n) is 5.71. The minimum atomic E-state index is -0.756. The average molecular weight is 302 g/mol. The molecule has 3 N–H and O–H groups in total. The zero-order valence-corrected chi connectivity index (χ0v) is 11.9. The fourth-order valence-corrected chi connectivity index (χ4v) is 2.32. The summed E-state index contributed by atoms with van der Waals surface area (Å²) >= 11 is 11.9. The maximum atomic E-state index is 12.2. The van der Waals surface area contributed by atoms with E-state index in [2.05, 4.69) is 5.32 Å². The molecular formula is C12H13Cl2N3O2. The van der Waals surface area contributed by atoms with Crippen LogP contribution in [0.1, 0.15) is 13.8 Å². The highest BCUT2D eigenvalue weighted by atomic mass is 35.5. The zero-order valence-electron chi connectivity index (χ0n) is 10.4. The summed E-state index contributed by atoms with van der Waals surface area (Å²) in [7, 11) is 0. The second-order valence-corrected chi connectivity index (χ2v) is 5.25. The van der Waals surface area contributed by atoms with Gasteiger partial charge >= 0.3 is 0 Å². The van der Waals surface area contributed by atoms with Gasteiger partial charge in [0.1, 0.15) is 12.1 Å². The largest absolute Gasteiger partial charge is 0.372 e. The van der Waals surface area contributed by atoms with Crippen LogP contribution in [0, 0.1) is 0 Å². The number of nitrogens with one attached hydrogen (secondary N) is 1. The molecule has 0 fully saturated rings. The Kier molecular flexibility index (Phi) is 3.60. The number of benzene rings is 1. The summed E-state index contributed by atoms with van der Waals surface area (Å²) in [5, 5.41) is 3.70. The topological polar surface area (TPSA) is 75.4 Å². The van der Waals surface area contributed by atoms with Gasteiger partial charge < -0.3 is 11.1 Å². The van der Waals surface area contributed by atoms with Crippen LogP contribution in [0.4, 0.5) is 11.4 Å². The van der Waals surface area contributed by atoms with Crippen LogP contribution >= 0.6 is 23.2 Å². The van der Waals surface area contributed by atoms with E-state index in [1.54, 1.807) is 26.0 Å². The van der Waals surface area contributed by atoms with Gasteiger partial charge in [-0.05, 0) is 26.0 Å². The summed E-state index contributed by atoms with van der Waals surface area (Å²) in [4.78, 5) is 24.9. The van der Waals surface area contributed by atoms with Crippen LogP contribution in [0.5, 0.6) is 0 Å². The van der Waals surface area contributed by atoms with Crippen molar-refractivity contribution >= 4 is 46.4 Å². The minimum absolute atomic E-state index is 0.239. The van der Waals surface area contributed by atoms with Gasteiger partial charge in [0.2, 0.25) is 11.8 Å². The van der Waals surface area contributed by atoms with Crippen LogP contribution in [-0.2, 0) is 9.59 Å². The van der Waals surface area contributed by atoms with E-state index in [1.165, 1.54) is 4.90 Å². The molecule has 0 bridgehead atoms. The molecule has 7 heteroatoms. The number of amides is 2. The molecule has 1 aliphatic rings. The van der Waals surface area contributed by atoms with Crippen molar-refractivity contribution < 1.29 is 9.59 Å². The fraction of sp³-hybridized carbons (Fsp3) is 0.333. The third kappa shape index (κ3) is 2.35. The van der Waals surface area contributed by atoms with Crippen LogP contribution in [0.25, 0.3) is 0 Å². The Morgan fingerprint density at radius 1 is 1.42 bits per heavy atom. The van der Waals surface area contributed by atoms with Crippen LogP contribution in [0.3, 0.4) is 0 Å². The molecule has 102 valence electrons.